The zero-order chi connectivity index (χ0) is 15.8. The number of pyridine rings is 1. The summed E-state index contributed by atoms with van der Waals surface area (Å²) < 4.78 is 0. The fourth-order valence-electron chi connectivity index (χ4n) is 2.77. The van der Waals surface area contributed by atoms with Crippen LogP contribution in [-0.4, -0.2) is 66.5 Å². The van der Waals surface area contributed by atoms with Crippen LogP contribution in [0.3, 0.4) is 0 Å². The highest BCUT2D eigenvalue weighted by molar-refractivity contribution is 5.75. The Morgan fingerprint density at radius 2 is 2.14 bits per heavy atom. The highest BCUT2D eigenvalue weighted by Crippen LogP contribution is 2.09. The number of piperazine rings is 1. The molecule has 0 radical (unpaired) electrons. The molecular weight excluding hydrogens is 276 g/mol. The number of hydrogen-bond acceptors (Lipinski definition) is 4. The van der Waals surface area contributed by atoms with Crippen molar-refractivity contribution in [3.8, 4) is 0 Å². The quantitative estimate of drug-likeness (QED) is 0.821. The third kappa shape index (κ3) is 5.73. The van der Waals surface area contributed by atoms with E-state index in [9.17, 15) is 4.79 Å². The van der Waals surface area contributed by atoms with Crippen molar-refractivity contribution < 1.29 is 4.79 Å². The average molecular weight is 304 g/mol. The normalized spacial score (nSPS) is 18.1. The van der Waals surface area contributed by atoms with Crippen LogP contribution in [0.5, 0.6) is 0 Å². The molecule has 1 saturated heterocycles. The molecule has 5 nitrogen and oxygen atoms in total. The van der Waals surface area contributed by atoms with E-state index in [-0.39, 0.29) is 5.91 Å². The number of hydrogen-bond donors (Lipinski definition) is 1. The van der Waals surface area contributed by atoms with Gasteiger partial charge in [0, 0.05) is 57.6 Å². The van der Waals surface area contributed by atoms with Gasteiger partial charge in [0.25, 0.3) is 0 Å². The van der Waals surface area contributed by atoms with Crippen molar-refractivity contribution >= 4 is 5.91 Å². The first-order valence-corrected chi connectivity index (χ1v) is 8.23. The molecule has 1 amide bonds. The molecule has 1 fully saturated rings. The van der Waals surface area contributed by atoms with Crippen LogP contribution in [0.4, 0.5) is 0 Å². The third-order valence-electron chi connectivity index (χ3n) is 4.41. The van der Waals surface area contributed by atoms with E-state index in [1.807, 2.05) is 18.3 Å². The standard InChI is InChI=1S/C17H28N4O/c1-15(21-12-10-20(2)11-13-21)5-6-17(22)19-9-7-16-4-3-8-18-14-16/h3-4,8,14-15H,5-7,9-13H2,1-2H3,(H,19,22)/t15-/m0/s1. The van der Waals surface area contributed by atoms with Crippen molar-refractivity contribution in [1.82, 2.24) is 20.1 Å². The molecule has 2 rings (SSSR count). The van der Waals surface area contributed by atoms with E-state index in [4.69, 9.17) is 0 Å². The van der Waals surface area contributed by atoms with Gasteiger partial charge < -0.3 is 10.2 Å². The molecule has 5 heteroatoms. The number of amides is 1. The summed E-state index contributed by atoms with van der Waals surface area (Å²) in [4.78, 5) is 20.8. The van der Waals surface area contributed by atoms with Crippen molar-refractivity contribution in [2.45, 2.75) is 32.2 Å². The molecule has 1 aliphatic heterocycles. The minimum Gasteiger partial charge on any atom is -0.356 e. The second kappa shape index (κ2) is 8.86. The predicted molar refractivity (Wildman–Crippen MR) is 88.7 cm³/mol. The maximum Gasteiger partial charge on any atom is 0.220 e. The molecule has 2 heterocycles. The van der Waals surface area contributed by atoms with Gasteiger partial charge in [-0.05, 0) is 38.4 Å². The summed E-state index contributed by atoms with van der Waals surface area (Å²) in [7, 11) is 2.16. The van der Waals surface area contributed by atoms with Crippen molar-refractivity contribution in [3.63, 3.8) is 0 Å². The van der Waals surface area contributed by atoms with Crippen LogP contribution < -0.4 is 5.32 Å². The van der Waals surface area contributed by atoms with Gasteiger partial charge >= 0.3 is 0 Å². The second-order valence-electron chi connectivity index (χ2n) is 6.19. The maximum absolute atomic E-state index is 11.9. The summed E-state index contributed by atoms with van der Waals surface area (Å²) in [5.41, 5.74) is 1.16. The Balaban J connectivity index is 1.59. The summed E-state index contributed by atoms with van der Waals surface area (Å²) in [5, 5.41) is 3.00. The highest BCUT2D eigenvalue weighted by atomic mass is 16.1. The van der Waals surface area contributed by atoms with Crippen molar-refractivity contribution in [1.29, 1.82) is 0 Å². The first kappa shape index (κ1) is 16.9. The fraction of sp³-hybridized carbons (Fsp3) is 0.647. The molecule has 0 spiro atoms. The smallest absolute Gasteiger partial charge is 0.220 e. The van der Waals surface area contributed by atoms with Gasteiger partial charge in [0.05, 0.1) is 0 Å². The first-order chi connectivity index (χ1) is 10.6. The topological polar surface area (TPSA) is 48.5 Å². The largest absolute Gasteiger partial charge is 0.356 e. The van der Waals surface area contributed by atoms with Crippen LogP contribution in [0.2, 0.25) is 0 Å². The molecule has 1 N–H and O–H groups in total. The minimum atomic E-state index is 0.157. The van der Waals surface area contributed by atoms with Gasteiger partial charge in [0.1, 0.15) is 0 Å². The molecule has 1 aromatic rings. The molecule has 122 valence electrons. The van der Waals surface area contributed by atoms with E-state index < -0.39 is 0 Å². The zero-order valence-electron chi connectivity index (χ0n) is 13.8. The molecular formula is C17H28N4O. The molecule has 0 aliphatic carbocycles. The Kier molecular flexibility index (Phi) is 6.80. The van der Waals surface area contributed by atoms with Gasteiger partial charge in [-0.2, -0.15) is 0 Å². The van der Waals surface area contributed by atoms with E-state index in [1.165, 1.54) is 0 Å². The summed E-state index contributed by atoms with van der Waals surface area (Å²) in [6.07, 6.45) is 6.00. The van der Waals surface area contributed by atoms with Gasteiger partial charge in [-0.25, -0.2) is 0 Å². The number of aromatic nitrogens is 1. The highest BCUT2D eigenvalue weighted by Gasteiger charge is 2.19. The number of likely N-dealkylation sites (N-methyl/N-ethyl adjacent to an activating group) is 1. The Bertz CT molecular complexity index is 443. The van der Waals surface area contributed by atoms with Gasteiger partial charge in [-0.15, -0.1) is 0 Å². The molecule has 22 heavy (non-hydrogen) atoms. The minimum absolute atomic E-state index is 0.157. The monoisotopic (exact) mass is 304 g/mol. The van der Waals surface area contributed by atoms with E-state index in [1.54, 1.807) is 6.20 Å². The van der Waals surface area contributed by atoms with E-state index in [0.29, 0.717) is 19.0 Å². The lowest BCUT2D eigenvalue weighted by molar-refractivity contribution is -0.121. The van der Waals surface area contributed by atoms with E-state index >= 15 is 0 Å². The summed E-state index contributed by atoms with van der Waals surface area (Å²) >= 11 is 0. The predicted octanol–water partition coefficient (Wildman–Crippen LogP) is 1.16. The van der Waals surface area contributed by atoms with Gasteiger partial charge in [-0.1, -0.05) is 6.07 Å². The van der Waals surface area contributed by atoms with E-state index in [2.05, 4.69) is 34.1 Å². The molecule has 0 aromatic carbocycles. The van der Waals surface area contributed by atoms with Crippen LogP contribution >= 0.6 is 0 Å². The molecule has 1 aliphatic rings. The summed E-state index contributed by atoms with van der Waals surface area (Å²) in [6.45, 7) is 7.39. The van der Waals surface area contributed by atoms with Gasteiger partial charge in [0.15, 0.2) is 0 Å². The molecule has 0 unspecified atom stereocenters. The Hall–Kier alpha value is -1.46. The molecule has 1 aromatic heterocycles. The molecule has 1 atom stereocenters. The van der Waals surface area contributed by atoms with Crippen LogP contribution in [-0.2, 0) is 11.2 Å². The number of nitrogens with one attached hydrogen (secondary N) is 1. The Morgan fingerprint density at radius 3 is 2.82 bits per heavy atom. The Morgan fingerprint density at radius 1 is 1.36 bits per heavy atom. The summed E-state index contributed by atoms with van der Waals surface area (Å²) in [5.74, 6) is 0.157. The Labute approximate surface area is 133 Å². The van der Waals surface area contributed by atoms with Crippen molar-refractivity contribution in [3.05, 3.63) is 30.1 Å². The van der Waals surface area contributed by atoms with Gasteiger partial charge in [-0.3, -0.25) is 14.7 Å². The van der Waals surface area contributed by atoms with Gasteiger partial charge in [0.2, 0.25) is 5.91 Å². The average Bonchev–Trinajstić information content (AvgIpc) is 2.54. The van der Waals surface area contributed by atoms with Crippen LogP contribution in [0.1, 0.15) is 25.3 Å². The second-order valence-corrected chi connectivity index (χ2v) is 6.19. The molecule has 0 bridgehead atoms. The van der Waals surface area contributed by atoms with E-state index in [0.717, 1.165) is 44.6 Å². The lowest BCUT2D eigenvalue weighted by Gasteiger charge is -2.36. The van der Waals surface area contributed by atoms with Crippen LogP contribution in [0.15, 0.2) is 24.5 Å². The number of carbonyl (C=O) groups excluding carboxylic acids is 1. The fourth-order valence-corrected chi connectivity index (χ4v) is 2.77. The van der Waals surface area contributed by atoms with Crippen LogP contribution in [0.25, 0.3) is 0 Å². The van der Waals surface area contributed by atoms with Crippen molar-refractivity contribution in [2.75, 3.05) is 39.8 Å². The molecule has 0 saturated carbocycles. The summed E-state index contributed by atoms with van der Waals surface area (Å²) in [6, 6.07) is 4.45. The van der Waals surface area contributed by atoms with Crippen LogP contribution in [0, 0.1) is 0 Å². The van der Waals surface area contributed by atoms with Crippen molar-refractivity contribution in [2.24, 2.45) is 0 Å². The maximum atomic E-state index is 11.9. The lowest BCUT2D eigenvalue weighted by Crippen LogP contribution is -2.48. The zero-order valence-corrected chi connectivity index (χ0v) is 13.8. The number of carbonyl (C=O) groups is 1. The first-order valence-electron chi connectivity index (χ1n) is 8.23. The lowest BCUT2D eigenvalue weighted by atomic mass is 10.1. The third-order valence-corrected chi connectivity index (χ3v) is 4.41. The number of nitrogens with zero attached hydrogens (tertiary/aromatic N) is 3. The number of rotatable bonds is 7. The SMILES string of the molecule is C[C@@H](CCC(=O)NCCc1cccnc1)N1CCN(C)CC1.